The minimum absolute atomic E-state index is 0.825. The van der Waals surface area contributed by atoms with E-state index in [1.165, 1.54) is 10.9 Å². The third-order valence-corrected chi connectivity index (χ3v) is 3.80. The fourth-order valence-electron chi connectivity index (χ4n) is 2.69. The maximum Gasteiger partial charge on any atom is 0.128 e. The lowest BCUT2D eigenvalue weighted by molar-refractivity contribution is 0.483. The van der Waals surface area contributed by atoms with Gasteiger partial charge in [0.1, 0.15) is 11.5 Å². The molecule has 110 valence electrons. The number of rotatable bonds is 3. The molecule has 0 unspecified atom stereocenters. The van der Waals surface area contributed by atoms with Crippen molar-refractivity contribution in [2.24, 2.45) is 0 Å². The highest BCUT2D eigenvalue weighted by atomic mass is 16.5. The number of hydrogen-bond donors (Lipinski definition) is 0. The van der Waals surface area contributed by atoms with Gasteiger partial charge in [0.15, 0.2) is 0 Å². The van der Waals surface area contributed by atoms with Gasteiger partial charge < -0.3 is 4.74 Å². The number of aromatic nitrogens is 1. The van der Waals surface area contributed by atoms with Crippen LogP contribution in [0.15, 0.2) is 55.1 Å². The number of nitrogens with zero attached hydrogens (tertiary/aromatic N) is 1. The average molecular weight is 289 g/mol. The lowest BCUT2D eigenvalue weighted by atomic mass is 10.0. The van der Waals surface area contributed by atoms with Crippen LogP contribution in [0.1, 0.15) is 23.9 Å². The van der Waals surface area contributed by atoms with Crippen molar-refractivity contribution >= 4 is 16.3 Å². The second-order valence-corrected chi connectivity index (χ2v) is 5.57. The average Bonchev–Trinajstić information content (AvgIpc) is 2.51. The van der Waals surface area contributed by atoms with Crippen LogP contribution in [0.5, 0.6) is 11.5 Å². The predicted molar refractivity (Wildman–Crippen MR) is 92.4 cm³/mol. The zero-order valence-corrected chi connectivity index (χ0v) is 13.2. The van der Waals surface area contributed by atoms with Crippen LogP contribution in [0.3, 0.4) is 0 Å². The molecule has 2 nitrogen and oxygen atoms in total. The monoisotopic (exact) mass is 289 g/mol. The van der Waals surface area contributed by atoms with Crippen LogP contribution in [0.2, 0.25) is 0 Å². The van der Waals surface area contributed by atoms with Crippen LogP contribution in [0.4, 0.5) is 0 Å². The second-order valence-electron chi connectivity index (χ2n) is 5.57. The lowest BCUT2D eigenvalue weighted by Crippen LogP contribution is -1.96. The van der Waals surface area contributed by atoms with Gasteiger partial charge >= 0.3 is 0 Å². The number of fused-ring (bicyclic) bond motifs is 1. The van der Waals surface area contributed by atoms with Crippen molar-refractivity contribution in [2.75, 3.05) is 0 Å². The molecule has 0 bridgehead atoms. The van der Waals surface area contributed by atoms with E-state index in [-0.39, 0.29) is 0 Å². The number of pyridine rings is 1. The Bertz CT molecular complexity index is 850. The van der Waals surface area contributed by atoms with Crippen LogP contribution >= 0.6 is 0 Å². The van der Waals surface area contributed by atoms with Crippen molar-refractivity contribution in [3.63, 3.8) is 0 Å². The molecule has 0 saturated carbocycles. The van der Waals surface area contributed by atoms with E-state index in [9.17, 15) is 0 Å². The molecule has 0 fully saturated rings. The minimum atomic E-state index is 0.825. The highest BCUT2D eigenvalue weighted by Gasteiger charge is 2.10. The van der Waals surface area contributed by atoms with Gasteiger partial charge in [-0.1, -0.05) is 30.8 Å². The van der Waals surface area contributed by atoms with Crippen molar-refractivity contribution < 1.29 is 4.74 Å². The van der Waals surface area contributed by atoms with Gasteiger partial charge in [-0.2, -0.15) is 0 Å². The van der Waals surface area contributed by atoms with E-state index in [0.717, 1.165) is 33.8 Å². The Morgan fingerprint density at radius 2 is 1.68 bits per heavy atom. The van der Waals surface area contributed by atoms with Gasteiger partial charge in [0, 0.05) is 11.1 Å². The normalized spacial score (nSPS) is 10.7. The lowest BCUT2D eigenvalue weighted by Gasteiger charge is -2.13. The molecule has 0 amide bonds. The van der Waals surface area contributed by atoms with Crippen LogP contribution in [-0.2, 0) is 0 Å². The molecule has 0 aliphatic heterocycles. The molecule has 3 rings (SSSR count). The summed E-state index contributed by atoms with van der Waals surface area (Å²) in [5.41, 5.74) is 4.14. The fraction of sp³-hybridized carbons (Fsp3) is 0.150. The van der Waals surface area contributed by atoms with Crippen molar-refractivity contribution in [3.8, 4) is 11.5 Å². The van der Waals surface area contributed by atoms with Gasteiger partial charge in [0.05, 0.1) is 5.69 Å². The zero-order chi connectivity index (χ0) is 15.7. The zero-order valence-electron chi connectivity index (χ0n) is 13.2. The number of aryl methyl sites for hydroxylation is 2. The van der Waals surface area contributed by atoms with Crippen molar-refractivity contribution in [2.45, 2.75) is 20.8 Å². The van der Waals surface area contributed by atoms with Crippen LogP contribution in [-0.4, -0.2) is 4.98 Å². The molecule has 2 heteroatoms. The molecular weight excluding hydrogens is 270 g/mol. The van der Waals surface area contributed by atoms with E-state index in [1.54, 1.807) is 0 Å². The molecule has 0 aliphatic carbocycles. The Labute approximate surface area is 131 Å². The van der Waals surface area contributed by atoms with Crippen LogP contribution in [0.25, 0.3) is 16.3 Å². The Morgan fingerprint density at radius 3 is 2.36 bits per heavy atom. The molecule has 0 spiro atoms. The van der Waals surface area contributed by atoms with Gasteiger partial charge in [0.2, 0.25) is 0 Å². The largest absolute Gasteiger partial charge is 0.457 e. The molecule has 22 heavy (non-hydrogen) atoms. The minimum Gasteiger partial charge on any atom is -0.457 e. The number of benzene rings is 2. The molecule has 0 aliphatic rings. The van der Waals surface area contributed by atoms with E-state index in [1.807, 2.05) is 50.2 Å². The quantitative estimate of drug-likeness (QED) is 0.619. The summed E-state index contributed by atoms with van der Waals surface area (Å²) in [6.45, 7) is 10.1. The standard InChI is InChI=1S/C20H19NO/c1-13(2)20-14(3)18-11-10-17(12-19(18)15(4)21-20)22-16-8-6-5-7-9-16/h5-12H,1H2,2-4H3. The molecule has 2 aromatic carbocycles. The predicted octanol–water partition coefficient (Wildman–Crippen LogP) is 5.68. The Balaban J connectivity index is 2.09. The van der Waals surface area contributed by atoms with E-state index in [2.05, 4.69) is 25.6 Å². The van der Waals surface area contributed by atoms with Crippen molar-refractivity contribution in [3.05, 3.63) is 72.1 Å². The maximum absolute atomic E-state index is 5.91. The van der Waals surface area contributed by atoms with Crippen molar-refractivity contribution in [1.82, 2.24) is 4.98 Å². The Hall–Kier alpha value is -2.61. The first kappa shape index (κ1) is 14.3. The first-order valence-electron chi connectivity index (χ1n) is 7.36. The molecule has 1 heterocycles. The third kappa shape index (κ3) is 2.60. The first-order chi connectivity index (χ1) is 10.6. The summed E-state index contributed by atoms with van der Waals surface area (Å²) >= 11 is 0. The number of para-hydroxylation sites is 1. The van der Waals surface area contributed by atoms with Crippen LogP contribution < -0.4 is 4.74 Å². The van der Waals surface area contributed by atoms with E-state index >= 15 is 0 Å². The first-order valence-corrected chi connectivity index (χ1v) is 7.36. The number of hydrogen-bond acceptors (Lipinski definition) is 2. The molecular formula is C20H19NO. The summed E-state index contributed by atoms with van der Waals surface area (Å²) < 4.78 is 5.91. The summed E-state index contributed by atoms with van der Waals surface area (Å²) in [4.78, 5) is 4.69. The SMILES string of the molecule is C=C(C)c1nc(C)c2cc(Oc3ccccc3)ccc2c1C. The van der Waals surface area contributed by atoms with Gasteiger partial charge in [-0.15, -0.1) is 0 Å². The molecule has 0 N–H and O–H groups in total. The van der Waals surface area contributed by atoms with Gasteiger partial charge in [0.25, 0.3) is 0 Å². The van der Waals surface area contributed by atoms with Gasteiger partial charge in [-0.05, 0) is 61.6 Å². The topological polar surface area (TPSA) is 22.1 Å². The smallest absolute Gasteiger partial charge is 0.128 e. The summed E-state index contributed by atoms with van der Waals surface area (Å²) in [5.74, 6) is 1.66. The highest BCUT2D eigenvalue weighted by molar-refractivity contribution is 5.91. The fourth-order valence-corrected chi connectivity index (χ4v) is 2.69. The summed E-state index contributed by atoms with van der Waals surface area (Å²) in [6.07, 6.45) is 0. The van der Waals surface area contributed by atoms with E-state index < -0.39 is 0 Å². The Kier molecular flexibility index (Phi) is 3.68. The van der Waals surface area contributed by atoms with E-state index in [4.69, 9.17) is 9.72 Å². The maximum atomic E-state index is 5.91. The summed E-state index contributed by atoms with van der Waals surface area (Å²) in [7, 11) is 0. The third-order valence-electron chi connectivity index (χ3n) is 3.80. The highest BCUT2D eigenvalue weighted by Crippen LogP contribution is 2.31. The molecule has 3 aromatic rings. The second kappa shape index (κ2) is 5.64. The van der Waals surface area contributed by atoms with Gasteiger partial charge in [-0.25, -0.2) is 0 Å². The molecule has 0 radical (unpaired) electrons. The number of ether oxygens (including phenoxy) is 1. The van der Waals surface area contributed by atoms with Crippen LogP contribution in [0, 0.1) is 13.8 Å². The summed E-state index contributed by atoms with van der Waals surface area (Å²) in [6, 6.07) is 16.0. The summed E-state index contributed by atoms with van der Waals surface area (Å²) in [5, 5.41) is 2.32. The van der Waals surface area contributed by atoms with Crippen molar-refractivity contribution in [1.29, 1.82) is 0 Å². The molecule has 0 atom stereocenters. The number of allylic oxidation sites excluding steroid dienone is 1. The molecule has 1 aromatic heterocycles. The van der Waals surface area contributed by atoms with Gasteiger partial charge in [-0.3, -0.25) is 4.98 Å². The molecule has 0 saturated heterocycles. The van der Waals surface area contributed by atoms with E-state index in [0.29, 0.717) is 0 Å². The Morgan fingerprint density at radius 1 is 0.955 bits per heavy atom.